The Balaban J connectivity index is 1.30. The average Bonchev–Trinajstić information content (AvgIpc) is 2.80. The second-order valence-corrected chi connectivity index (χ2v) is 8.89. The van der Waals surface area contributed by atoms with Crippen molar-refractivity contribution in [3.63, 3.8) is 0 Å². The molecule has 2 amide bonds. The van der Waals surface area contributed by atoms with Crippen LogP contribution >= 0.6 is 0 Å². The quantitative estimate of drug-likeness (QED) is 0.721. The summed E-state index contributed by atoms with van der Waals surface area (Å²) >= 11 is 0. The molecular formula is C24H32N6O2. The molecule has 3 N–H and O–H groups in total. The van der Waals surface area contributed by atoms with Crippen LogP contribution in [0.5, 0.6) is 0 Å². The molecule has 170 valence electrons. The maximum Gasteiger partial charge on any atom is 0.236 e. The predicted molar refractivity (Wildman–Crippen MR) is 123 cm³/mol. The third-order valence-electron chi connectivity index (χ3n) is 6.48. The number of rotatable bonds is 6. The van der Waals surface area contributed by atoms with E-state index in [9.17, 15) is 9.59 Å². The van der Waals surface area contributed by atoms with Crippen molar-refractivity contribution in [2.75, 3.05) is 38.0 Å². The average molecular weight is 437 g/mol. The van der Waals surface area contributed by atoms with Gasteiger partial charge in [-0.15, -0.1) is 0 Å². The third-order valence-corrected chi connectivity index (χ3v) is 6.48. The molecule has 0 aliphatic carbocycles. The topological polar surface area (TPSA) is 104 Å². The summed E-state index contributed by atoms with van der Waals surface area (Å²) in [4.78, 5) is 37.4. The predicted octanol–water partition coefficient (Wildman–Crippen LogP) is 2.43. The van der Waals surface area contributed by atoms with Gasteiger partial charge in [0.1, 0.15) is 5.82 Å². The lowest BCUT2D eigenvalue weighted by atomic mass is 9.94. The van der Waals surface area contributed by atoms with E-state index in [0.717, 1.165) is 48.8 Å². The Morgan fingerprint density at radius 3 is 2.62 bits per heavy atom. The second-order valence-electron chi connectivity index (χ2n) is 8.89. The van der Waals surface area contributed by atoms with Crippen LogP contribution in [-0.2, 0) is 9.59 Å². The van der Waals surface area contributed by atoms with Gasteiger partial charge in [0.05, 0.1) is 18.4 Å². The van der Waals surface area contributed by atoms with Crippen LogP contribution in [-0.4, -0.2) is 64.3 Å². The molecule has 0 spiro atoms. The lowest BCUT2D eigenvalue weighted by molar-refractivity contribution is -0.136. The fraction of sp³-hybridized carbons (Fsp3) is 0.500. The van der Waals surface area contributed by atoms with Crippen molar-refractivity contribution in [3.8, 4) is 0 Å². The zero-order valence-corrected chi connectivity index (χ0v) is 18.7. The zero-order valence-electron chi connectivity index (χ0n) is 18.7. The fourth-order valence-electron chi connectivity index (χ4n) is 4.63. The molecule has 1 atom stereocenters. The molecule has 2 aliphatic heterocycles. The van der Waals surface area contributed by atoms with Crippen LogP contribution in [0.1, 0.15) is 43.0 Å². The number of pyridine rings is 2. The largest absolute Gasteiger partial charge is 0.369 e. The summed E-state index contributed by atoms with van der Waals surface area (Å²) in [6.07, 6.45) is 5.33. The number of carbonyl (C=O) groups is 2. The standard InChI is InChI=1S/C24H32N6O2/c1-17-4-2-6-22(27-17)28-20-7-8-21(26-14-20)19-5-3-11-29(15-19)16-23(31)30-12-9-18(10-13-30)24(25)32/h2,4,6-8,14,18-19H,3,5,9-13,15-16H2,1H3,(H2,25,32)(H,27,28)/t19-/m0/s1. The van der Waals surface area contributed by atoms with Crippen molar-refractivity contribution in [1.29, 1.82) is 0 Å². The Morgan fingerprint density at radius 1 is 1.12 bits per heavy atom. The van der Waals surface area contributed by atoms with Crippen molar-refractivity contribution in [2.24, 2.45) is 11.7 Å². The molecule has 2 fully saturated rings. The number of piperidine rings is 2. The first kappa shape index (κ1) is 22.2. The summed E-state index contributed by atoms with van der Waals surface area (Å²) in [5.74, 6) is 0.931. The monoisotopic (exact) mass is 436 g/mol. The zero-order chi connectivity index (χ0) is 22.5. The van der Waals surface area contributed by atoms with Crippen LogP contribution in [0.25, 0.3) is 0 Å². The molecule has 8 nitrogen and oxygen atoms in total. The number of nitrogens with one attached hydrogen (secondary N) is 1. The van der Waals surface area contributed by atoms with E-state index in [-0.39, 0.29) is 17.7 Å². The summed E-state index contributed by atoms with van der Waals surface area (Å²) in [5, 5.41) is 3.29. The van der Waals surface area contributed by atoms with Crippen molar-refractivity contribution < 1.29 is 9.59 Å². The van der Waals surface area contributed by atoms with Gasteiger partial charge in [0.25, 0.3) is 0 Å². The maximum atomic E-state index is 12.8. The van der Waals surface area contributed by atoms with Gasteiger partial charge in [0.15, 0.2) is 0 Å². The Hall–Kier alpha value is -3.00. The highest BCUT2D eigenvalue weighted by Gasteiger charge is 2.29. The van der Waals surface area contributed by atoms with Crippen LogP contribution in [0.15, 0.2) is 36.5 Å². The summed E-state index contributed by atoms with van der Waals surface area (Å²) in [6.45, 7) is 5.40. The first-order chi connectivity index (χ1) is 15.5. The Bertz CT molecular complexity index is 940. The number of amides is 2. The Morgan fingerprint density at radius 2 is 1.94 bits per heavy atom. The number of nitrogens with zero attached hydrogens (tertiary/aromatic N) is 4. The van der Waals surface area contributed by atoms with E-state index >= 15 is 0 Å². The first-order valence-corrected chi connectivity index (χ1v) is 11.4. The SMILES string of the molecule is Cc1cccc(Nc2ccc([C@H]3CCCN(CC(=O)N4CCC(C(N)=O)CC4)C3)nc2)n1. The molecule has 0 unspecified atom stereocenters. The smallest absolute Gasteiger partial charge is 0.236 e. The second kappa shape index (κ2) is 10.1. The summed E-state index contributed by atoms with van der Waals surface area (Å²) < 4.78 is 0. The highest BCUT2D eigenvalue weighted by molar-refractivity contribution is 5.80. The minimum Gasteiger partial charge on any atom is -0.369 e. The maximum absolute atomic E-state index is 12.8. The molecule has 2 aromatic rings. The third kappa shape index (κ3) is 5.62. The van der Waals surface area contributed by atoms with Gasteiger partial charge in [-0.25, -0.2) is 4.98 Å². The van der Waals surface area contributed by atoms with E-state index in [0.29, 0.717) is 38.4 Å². The van der Waals surface area contributed by atoms with E-state index in [1.807, 2.05) is 42.3 Å². The highest BCUT2D eigenvalue weighted by atomic mass is 16.2. The molecule has 0 bridgehead atoms. The molecule has 4 heterocycles. The molecular weight excluding hydrogens is 404 g/mol. The van der Waals surface area contributed by atoms with Gasteiger partial charge < -0.3 is 16.0 Å². The van der Waals surface area contributed by atoms with E-state index in [4.69, 9.17) is 10.7 Å². The minimum absolute atomic E-state index is 0.0938. The molecule has 0 saturated carbocycles. The van der Waals surface area contributed by atoms with E-state index < -0.39 is 0 Å². The Labute approximate surface area is 189 Å². The van der Waals surface area contributed by atoms with Gasteiger partial charge in [-0.1, -0.05) is 6.07 Å². The molecule has 0 radical (unpaired) electrons. The Kier molecular flexibility index (Phi) is 6.99. The molecule has 2 saturated heterocycles. The normalized spacial score (nSPS) is 20.2. The van der Waals surface area contributed by atoms with E-state index in [1.54, 1.807) is 0 Å². The number of hydrogen-bond acceptors (Lipinski definition) is 6. The van der Waals surface area contributed by atoms with Gasteiger partial charge in [0.2, 0.25) is 11.8 Å². The highest BCUT2D eigenvalue weighted by Crippen LogP contribution is 2.27. The van der Waals surface area contributed by atoms with Crippen molar-refractivity contribution in [2.45, 2.75) is 38.5 Å². The van der Waals surface area contributed by atoms with Crippen LogP contribution in [0.2, 0.25) is 0 Å². The number of nitrogens with two attached hydrogens (primary N) is 1. The van der Waals surface area contributed by atoms with Gasteiger partial charge in [0, 0.05) is 42.9 Å². The van der Waals surface area contributed by atoms with Crippen LogP contribution < -0.4 is 11.1 Å². The van der Waals surface area contributed by atoms with Crippen molar-refractivity contribution in [1.82, 2.24) is 19.8 Å². The van der Waals surface area contributed by atoms with Crippen LogP contribution in [0, 0.1) is 12.8 Å². The molecule has 2 aromatic heterocycles. The number of primary amides is 1. The van der Waals surface area contributed by atoms with Crippen molar-refractivity contribution in [3.05, 3.63) is 47.9 Å². The number of hydrogen-bond donors (Lipinski definition) is 2. The fourth-order valence-corrected chi connectivity index (χ4v) is 4.63. The molecule has 2 aliphatic rings. The van der Waals surface area contributed by atoms with Gasteiger partial charge >= 0.3 is 0 Å². The summed E-state index contributed by atoms with van der Waals surface area (Å²) in [5.41, 5.74) is 8.34. The van der Waals surface area contributed by atoms with Crippen LogP contribution in [0.4, 0.5) is 11.5 Å². The minimum atomic E-state index is -0.250. The van der Waals surface area contributed by atoms with Gasteiger partial charge in [-0.2, -0.15) is 0 Å². The van der Waals surface area contributed by atoms with E-state index in [1.165, 1.54) is 0 Å². The van der Waals surface area contributed by atoms with Gasteiger partial charge in [-0.05, 0) is 63.4 Å². The number of likely N-dealkylation sites (tertiary alicyclic amines) is 2. The van der Waals surface area contributed by atoms with Crippen LogP contribution in [0.3, 0.4) is 0 Å². The number of aromatic nitrogens is 2. The molecule has 8 heteroatoms. The number of anilines is 2. The molecule has 0 aromatic carbocycles. The number of aryl methyl sites for hydroxylation is 1. The van der Waals surface area contributed by atoms with E-state index in [2.05, 4.69) is 21.3 Å². The molecule has 4 rings (SSSR count). The van der Waals surface area contributed by atoms with Crippen molar-refractivity contribution >= 4 is 23.3 Å². The first-order valence-electron chi connectivity index (χ1n) is 11.4. The summed E-state index contributed by atoms with van der Waals surface area (Å²) in [7, 11) is 0. The van der Waals surface area contributed by atoms with Gasteiger partial charge in [-0.3, -0.25) is 19.5 Å². The lowest BCUT2D eigenvalue weighted by Crippen LogP contribution is -2.47. The number of carbonyl (C=O) groups excluding carboxylic acids is 2. The molecule has 32 heavy (non-hydrogen) atoms. The lowest BCUT2D eigenvalue weighted by Gasteiger charge is -2.35. The summed E-state index contributed by atoms with van der Waals surface area (Å²) in [6, 6.07) is 9.99.